The van der Waals surface area contributed by atoms with Gasteiger partial charge in [0.15, 0.2) is 5.13 Å². The van der Waals surface area contributed by atoms with Gasteiger partial charge in [0.25, 0.3) is 0 Å². The van der Waals surface area contributed by atoms with Crippen molar-refractivity contribution in [3.05, 3.63) is 64.8 Å². The minimum absolute atomic E-state index is 0.0835. The van der Waals surface area contributed by atoms with Crippen molar-refractivity contribution in [2.75, 3.05) is 5.32 Å². The first-order valence-corrected chi connectivity index (χ1v) is 7.88. The molecule has 4 nitrogen and oxygen atoms in total. The second-order valence-electron chi connectivity index (χ2n) is 4.62. The van der Waals surface area contributed by atoms with Gasteiger partial charge in [0.1, 0.15) is 5.15 Å². The van der Waals surface area contributed by atoms with Crippen LogP contribution in [-0.4, -0.2) is 15.9 Å². The Balaban J connectivity index is 1.68. The van der Waals surface area contributed by atoms with Crippen molar-refractivity contribution in [2.24, 2.45) is 0 Å². The molecule has 3 aromatic rings. The van der Waals surface area contributed by atoms with Gasteiger partial charge in [-0.3, -0.25) is 4.79 Å². The first-order chi connectivity index (χ1) is 10.7. The summed E-state index contributed by atoms with van der Waals surface area (Å²) in [5.41, 5.74) is 2.61. The molecule has 0 unspecified atom stereocenters. The molecule has 0 bridgehead atoms. The van der Waals surface area contributed by atoms with E-state index in [1.165, 1.54) is 11.3 Å². The summed E-state index contributed by atoms with van der Waals surface area (Å²) in [5.74, 6) is -0.0835. The lowest BCUT2D eigenvalue weighted by atomic mass is 10.1. The highest BCUT2D eigenvalue weighted by atomic mass is 35.5. The average molecular weight is 330 g/mol. The summed E-state index contributed by atoms with van der Waals surface area (Å²) in [6, 6.07) is 13.2. The van der Waals surface area contributed by atoms with Crippen molar-refractivity contribution in [2.45, 2.75) is 6.42 Å². The van der Waals surface area contributed by atoms with Crippen LogP contribution in [0.4, 0.5) is 5.13 Å². The molecule has 0 radical (unpaired) electrons. The summed E-state index contributed by atoms with van der Waals surface area (Å²) in [7, 11) is 0. The molecule has 3 rings (SSSR count). The van der Waals surface area contributed by atoms with Gasteiger partial charge in [0.05, 0.1) is 12.1 Å². The quantitative estimate of drug-likeness (QED) is 0.735. The van der Waals surface area contributed by atoms with Crippen molar-refractivity contribution in [3.63, 3.8) is 0 Å². The van der Waals surface area contributed by atoms with Crippen molar-refractivity contribution in [1.29, 1.82) is 0 Å². The highest BCUT2D eigenvalue weighted by Crippen LogP contribution is 2.25. The monoisotopic (exact) mass is 329 g/mol. The van der Waals surface area contributed by atoms with Crippen LogP contribution in [0.2, 0.25) is 5.15 Å². The zero-order valence-electron chi connectivity index (χ0n) is 11.5. The Labute approximate surface area is 136 Å². The van der Waals surface area contributed by atoms with E-state index in [1.807, 2.05) is 41.8 Å². The van der Waals surface area contributed by atoms with Crippen molar-refractivity contribution >= 4 is 34.0 Å². The predicted molar refractivity (Wildman–Crippen MR) is 89.1 cm³/mol. The van der Waals surface area contributed by atoms with Crippen LogP contribution in [0.15, 0.2) is 54.0 Å². The number of halogens is 1. The van der Waals surface area contributed by atoms with Gasteiger partial charge >= 0.3 is 0 Å². The van der Waals surface area contributed by atoms with Crippen LogP contribution >= 0.6 is 22.9 Å². The number of rotatable bonds is 4. The molecule has 0 aliphatic rings. The fourth-order valence-corrected chi connectivity index (χ4v) is 2.88. The van der Waals surface area contributed by atoms with E-state index >= 15 is 0 Å². The third kappa shape index (κ3) is 3.69. The standard InChI is InChI=1S/C16H12ClN3OS/c17-14-9-12(6-7-18-14)13-10-22-16(19-13)20-15(21)8-11-4-2-1-3-5-11/h1-7,9-10H,8H2,(H,19,20,21). The molecule has 0 saturated heterocycles. The van der Waals surface area contributed by atoms with Gasteiger partial charge in [-0.2, -0.15) is 0 Å². The third-order valence-corrected chi connectivity index (χ3v) is 3.94. The second kappa shape index (κ2) is 6.68. The van der Waals surface area contributed by atoms with Gasteiger partial charge in [0.2, 0.25) is 5.91 Å². The number of pyridine rings is 1. The molecule has 1 amide bonds. The molecular formula is C16H12ClN3OS. The number of hydrogen-bond donors (Lipinski definition) is 1. The Morgan fingerprint density at radius 3 is 2.82 bits per heavy atom. The van der Waals surface area contributed by atoms with Crippen molar-refractivity contribution in [3.8, 4) is 11.3 Å². The molecule has 0 saturated carbocycles. The topological polar surface area (TPSA) is 54.9 Å². The van der Waals surface area contributed by atoms with E-state index in [4.69, 9.17) is 11.6 Å². The molecular weight excluding hydrogens is 318 g/mol. The van der Waals surface area contributed by atoms with E-state index in [0.29, 0.717) is 16.7 Å². The summed E-state index contributed by atoms with van der Waals surface area (Å²) < 4.78 is 0. The van der Waals surface area contributed by atoms with Crippen LogP contribution in [0, 0.1) is 0 Å². The number of anilines is 1. The first-order valence-electron chi connectivity index (χ1n) is 6.62. The molecule has 0 fully saturated rings. The zero-order chi connectivity index (χ0) is 15.4. The fourth-order valence-electron chi connectivity index (χ4n) is 1.97. The Bertz CT molecular complexity index is 789. The number of benzene rings is 1. The minimum Gasteiger partial charge on any atom is -0.302 e. The van der Waals surface area contributed by atoms with Crippen molar-refractivity contribution < 1.29 is 4.79 Å². The lowest BCUT2D eigenvalue weighted by Crippen LogP contribution is -2.14. The number of nitrogens with one attached hydrogen (secondary N) is 1. The van der Waals surface area contributed by atoms with Gasteiger partial charge in [-0.05, 0) is 17.7 Å². The SMILES string of the molecule is O=C(Cc1ccccc1)Nc1nc(-c2ccnc(Cl)c2)cs1. The highest BCUT2D eigenvalue weighted by Gasteiger charge is 2.09. The van der Waals surface area contributed by atoms with Crippen LogP contribution in [0.5, 0.6) is 0 Å². The lowest BCUT2D eigenvalue weighted by molar-refractivity contribution is -0.115. The van der Waals surface area contributed by atoms with Gasteiger partial charge in [-0.1, -0.05) is 41.9 Å². The maximum absolute atomic E-state index is 12.0. The van der Waals surface area contributed by atoms with Crippen LogP contribution in [0.25, 0.3) is 11.3 Å². The van der Waals surface area contributed by atoms with Crippen LogP contribution in [0.3, 0.4) is 0 Å². The normalized spacial score (nSPS) is 10.4. The summed E-state index contributed by atoms with van der Waals surface area (Å²) >= 11 is 7.25. The lowest BCUT2D eigenvalue weighted by Gasteiger charge is -2.01. The molecule has 2 aromatic heterocycles. The number of thiazole rings is 1. The van der Waals surface area contributed by atoms with Crippen LogP contribution in [-0.2, 0) is 11.2 Å². The van der Waals surface area contributed by atoms with Crippen molar-refractivity contribution in [1.82, 2.24) is 9.97 Å². The smallest absolute Gasteiger partial charge is 0.230 e. The van der Waals surface area contributed by atoms with Gasteiger partial charge in [-0.25, -0.2) is 9.97 Å². The van der Waals surface area contributed by atoms with E-state index < -0.39 is 0 Å². The minimum atomic E-state index is -0.0835. The van der Waals surface area contributed by atoms with E-state index in [1.54, 1.807) is 12.3 Å². The van der Waals surface area contributed by atoms with Crippen LogP contribution < -0.4 is 5.32 Å². The Morgan fingerprint density at radius 1 is 1.23 bits per heavy atom. The largest absolute Gasteiger partial charge is 0.302 e. The maximum atomic E-state index is 12.0. The number of aromatic nitrogens is 2. The maximum Gasteiger partial charge on any atom is 0.230 e. The predicted octanol–water partition coefficient (Wildman–Crippen LogP) is 4.04. The van der Waals surface area contributed by atoms with E-state index in [-0.39, 0.29) is 5.91 Å². The summed E-state index contributed by atoms with van der Waals surface area (Å²) in [6.45, 7) is 0. The molecule has 1 aromatic carbocycles. The Hall–Kier alpha value is -2.24. The summed E-state index contributed by atoms with van der Waals surface area (Å²) in [6.07, 6.45) is 1.96. The number of carbonyl (C=O) groups is 1. The molecule has 0 atom stereocenters. The number of amides is 1. The molecule has 0 aliphatic carbocycles. The number of carbonyl (C=O) groups excluding carboxylic acids is 1. The molecule has 0 spiro atoms. The molecule has 2 heterocycles. The third-order valence-electron chi connectivity index (χ3n) is 2.98. The highest BCUT2D eigenvalue weighted by molar-refractivity contribution is 7.14. The molecule has 1 N–H and O–H groups in total. The summed E-state index contributed by atoms with van der Waals surface area (Å²) in [5, 5.41) is 5.68. The number of hydrogen-bond acceptors (Lipinski definition) is 4. The Morgan fingerprint density at radius 2 is 2.05 bits per heavy atom. The molecule has 110 valence electrons. The molecule has 6 heteroatoms. The van der Waals surface area contributed by atoms with Gasteiger partial charge < -0.3 is 5.32 Å². The van der Waals surface area contributed by atoms with E-state index in [2.05, 4.69) is 15.3 Å². The first kappa shape index (κ1) is 14.7. The van der Waals surface area contributed by atoms with E-state index in [9.17, 15) is 4.79 Å². The van der Waals surface area contributed by atoms with Crippen LogP contribution in [0.1, 0.15) is 5.56 Å². The summed E-state index contributed by atoms with van der Waals surface area (Å²) in [4.78, 5) is 20.3. The average Bonchev–Trinajstić information content (AvgIpc) is 2.96. The molecule has 0 aliphatic heterocycles. The van der Waals surface area contributed by atoms with E-state index in [0.717, 1.165) is 16.8 Å². The zero-order valence-corrected chi connectivity index (χ0v) is 13.1. The fraction of sp³-hybridized carbons (Fsp3) is 0.0625. The Kier molecular flexibility index (Phi) is 4.46. The number of nitrogens with zero attached hydrogens (tertiary/aromatic N) is 2. The van der Waals surface area contributed by atoms with Gasteiger partial charge in [0, 0.05) is 17.1 Å². The second-order valence-corrected chi connectivity index (χ2v) is 5.86. The molecule has 22 heavy (non-hydrogen) atoms. The van der Waals surface area contributed by atoms with Gasteiger partial charge in [-0.15, -0.1) is 11.3 Å².